The highest BCUT2D eigenvalue weighted by atomic mass is 35.5. The van der Waals surface area contributed by atoms with Crippen molar-refractivity contribution in [1.82, 2.24) is 5.32 Å². The number of nitrogens with one attached hydrogen (secondary N) is 1. The summed E-state index contributed by atoms with van der Waals surface area (Å²) in [6.45, 7) is 6.80. The Morgan fingerprint density at radius 2 is 2.00 bits per heavy atom. The Morgan fingerprint density at radius 3 is 2.42 bits per heavy atom. The van der Waals surface area contributed by atoms with Crippen LogP contribution in [0.25, 0.3) is 0 Å². The molecule has 19 heavy (non-hydrogen) atoms. The zero-order chi connectivity index (χ0) is 14.0. The fraction of sp³-hybridized carbons (Fsp3) is 0.750. The summed E-state index contributed by atoms with van der Waals surface area (Å²) in [6, 6.07) is 2.75. The van der Waals surface area contributed by atoms with Gasteiger partial charge < -0.3 is 5.32 Å². The lowest BCUT2D eigenvalue weighted by Crippen LogP contribution is -2.35. The van der Waals surface area contributed by atoms with Crippen LogP contribution in [0.1, 0.15) is 62.4 Å². The van der Waals surface area contributed by atoms with E-state index in [1.807, 2.05) is 0 Å². The molecule has 2 rings (SSSR count). The van der Waals surface area contributed by atoms with Crippen LogP contribution < -0.4 is 5.32 Å². The summed E-state index contributed by atoms with van der Waals surface area (Å²) in [4.78, 5) is 1.42. The van der Waals surface area contributed by atoms with Crippen LogP contribution in [-0.2, 0) is 0 Å². The first-order valence-corrected chi connectivity index (χ1v) is 8.61. The summed E-state index contributed by atoms with van der Waals surface area (Å²) in [5.41, 5.74) is 1.66. The molecule has 1 aliphatic rings. The monoisotopic (exact) mass is 299 g/mol. The van der Waals surface area contributed by atoms with E-state index in [1.165, 1.54) is 42.5 Å². The van der Waals surface area contributed by atoms with Crippen LogP contribution in [0, 0.1) is 18.3 Å². The lowest BCUT2D eigenvalue weighted by atomic mass is 9.72. The molecule has 1 saturated carbocycles. The Labute approximate surface area is 126 Å². The van der Waals surface area contributed by atoms with Gasteiger partial charge in [-0.1, -0.05) is 38.3 Å². The predicted molar refractivity (Wildman–Crippen MR) is 86.2 cm³/mol. The molecule has 1 aromatic heterocycles. The second-order valence-electron chi connectivity index (χ2n) is 6.49. The highest BCUT2D eigenvalue weighted by molar-refractivity contribution is 7.16. The third-order valence-corrected chi connectivity index (χ3v) is 6.10. The third kappa shape index (κ3) is 3.17. The fourth-order valence-electron chi connectivity index (χ4n) is 3.88. The van der Waals surface area contributed by atoms with Gasteiger partial charge in [0.05, 0.1) is 4.34 Å². The molecule has 0 spiro atoms. The van der Waals surface area contributed by atoms with Crippen LogP contribution in [-0.4, -0.2) is 7.05 Å². The number of aryl methyl sites for hydroxylation is 1. The van der Waals surface area contributed by atoms with Crippen LogP contribution in [0.2, 0.25) is 4.34 Å². The number of thiophene rings is 1. The Balaban J connectivity index is 2.32. The van der Waals surface area contributed by atoms with E-state index < -0.39 is 0 Å². The van der Waals surface area contributed by atoms with Gasteiger partial charge in [-0.05, 0) is 56.2 Å². The maximum absolute atomic E-state index is 6.28. The minimum absolute atomic E-state index is 0.434. The summed E-state index contributed by atoms with van der Waals surface area (Å²) in [7, 11) is 2.11. The van der Waals surface area contributed by atoms with Gasteiger partial charge in [0.15, 0.2) is 0 Å². The lowest BCUT2D eigenvalue weighted by molar-refractivity contribution is 0.164. The Kier molecular flexibility index (Phi) is 4.97. The van der Waals surface area contributed by atoms with E-state index in [2.05, 4.69) is 39.2 Å². The first-order chi connectivity index (χ1) is 8.98. The van der Waals surface area contributed by atoms with Gasteiger partial charge in [-0.3, -0.25) is 0 Å². The predicted octanol–water partition coefficient (Wildman–Crippen LogP) is 5.58. The van der Waals surface area contributed by atoms with Gasteiger partial charge in [-0.2, -0.15) is 0 Å². The van der Waals surface area contributed by atoms with Crippen molar-refractivity contribution < 1.29 is 0 Å². The van der Waals surface area contributed by atoms with Crippen LogP contribution in [0.4, 0.5) is 0 Å². The van der Waals surface area contributed by atoms with E-state index in [9.17, 15) is 0 Å². The molecule has 1 aliphatic carbocycles. The third-order valence-electron chi connectivity index (χ3n) is 4.48. The molecule has 1 nitrogen and oxygen atoms in total. The van der Waals surface area contributed by atoms with Gasteiger partial charge in [0.25, 0.3) is 0 Å². The van der Waals surface area contributed by atoms with E-state index in [1.54, 1.807) is 11.3 Å². The standard InChI is InChI=1S/C16H26ClNS/c1-11(2)10-16(7-5-6-8-16)14(18-4)13-9-12(3)15(17)19-13/h9,11,14,18H,5-8,10H2,1-4H3. The van der Waals surface area contributed by atoms with Gasteiger partial charge in [0, 0.05) is 10.9 Å². The average Bonchev–Trinajstić information content (AvgIpc) is 2.89. The molecule has 3 heteroatoms. The molecule has 1 fully saturated rings. The lowest BCUT2D eigenvalue weighted by Gasteiger charge is -2.38. The summed E-state index contributed by atoms with van der Waals surface area (Å²) in [5, 5.41) is 3.60. The average molecular weight is 300 g/mol. The van der Waals surface area contributed by atoms with E-state index in [0.29, 0.717) is 11.5 Å². The minimum Gasteiger partial charge on any atom is -0.312 e. The van der Waals surface area contributed by atoms with Crippen molar-refractivity contribution in [1.29, 1.82) is 0 Å². The molecular formula is C16H26ClNS. The molecule has 0 aromatic carbocycles. The minimum atomic E-state index is 0.434. The Morgan fingerprint density at radius 1 is 1.37 bits per heavy atom. The van der Waals surface area contributed by atoms with Crippen LogP contribution in [0.15, 0.2) is 6.07 Å². The number of hydrogen-bond donors (Lipinski definition) is 1. The highest BCUT2D eigenvalue weighted by Crippen LogP contribution is 2.53. The molecule has 0 radical (unpaired) electrons. The normalized spacial score (nSPS) is 20.1. The van der Waals surface area contributed by atoms with Gasteiger partial charge >= 0.3 is 0 Å². The van der Waals surface area contributed by atoms with Crippen molar-refractivity contribution in [3.05, 3.63) is 20.8 Å². The molecule has 1 unspecified atom stereocenters. The van der Waals surface area contributed by atoms with Gasteiger partial charge in [-0.25, -0.2) is 0 Å². The molecule has 0 bridgehead atoms. The maximum Gasteiger partial charge on any atom is 0.0960 e. The van der Waals surface area contributed by atoms with Crippen molar-refractivity contribution in [3.8, 4) is 0 Å². The van der Waals surface area contributed by atoms with E-state index >= 15 is 0 Å². The Hall–Kier alpha value is -0.0500. The fourth-order valence-corrected chi connectivity index (χ4v) is 5.35. The zero-order valence-electron chi connectivity index (χ0n) is 12.6. The molecule has 1 aromatic rings. The zero-order valence-corrected chi connectivity index (χ0v) is 14.1. The van der Waals surface area contributed by atoms with Crippen LogP contribution in [0.3, 0.4) is 0 Å². The van der Waals surface area contributed by atoms with E-state index in [4.69, 9.17) is 11.6 Å². The summed E-state index contributed by atoms with van der Waals surface area (Å²) in [5.74, 6) is 0.755. The SMILES string of the molecule is CNC(c1cc(C)c(Cl)s1)C1(CC(C)C)CCCC1. The largest absolute Gasteiger partial charge is 0.312 e. The van der Waals surface area contributed by atoms with Crippen molar-refractivity contribution in [2.45, 2.75) is 58.9 Å². The summed E-state index contributed by atoms with van der Waals surface area (Å²) >= 11 is 8.04. The van der Waals surface area contributed by atoms with E-state index in [0.717, 1.165) is 10.3 Å². The number of halogens is 1. The number of hydrogen-bond acceptors (Lipinski definition) is 2. The molecule has 108 valence electrons. The second-order valence-corrected chi connectivity index (χ2v) is 8.18. The summed E-state index contributed by atoms with van der Waals surface area (Å²) in [6.07, 6.45) is 6.77. The molecule has 0 saturated heterocycles. The maximum atomic E-state index is 6.28. The molecule has 1 atom stereocenters. The van der Waals surface area contributed by atoms with Crippen molar-refractivity contribution in [3.63, 3.8) is 0 Å². The quantitative estimate of drug-likeness (QED) is 0.748. The first-order valence-electron chi connectivity index (χ1n) is 7.41. The summed E-state index contributed by atoms with van der Waals surface area (Å²) < 4.78 is 0.952. The van der Waals surface area contributed by atoms with Gasteiger partial charge in [0.1, 0.15) is 0 Å². The van der Waals surface area contributed by atoms with Crippen molar-refractivity contribution >= 4 is 22.9 Å². The molecule has 0 amide bonds. The van der Waals surface area contributed by atoms with Crippen molar-refractivity contribution in [2.75, 3.05) is 7.05 Å². The van der Waals surface area contributed by atoms with Crippen LogP contribution >= 0.6 is 22.9 Å². The van der Waals surface area contributed by atoms with Crippen molar-refractivity contribution in [2.24, 2.45) is 11.3 Å². The molecule has 0 aliphatic heterocycles. The van der Waals surface area contributed by atoms with E-state index in [-0.39, 0.29) is 0 Å². The van der Waals surface area contributed by atoms with Crippen LogP contribution in [0.5, 0.6) is 0 Å². The van der Waals surface area contributed by atoms with Gasteiger partial charge in [-0.15, -0.1) is 11.3 Å². The Bertz CT molecular complexity index is 399. The first kappa shape index (κ1) is 15.3. The molecule has 1 heterocycles. The second kappa shape index (κ2) is 6.15. The smallest absolute Gasteiger partial charge is 0.0960 e. The molecule has 1 N–H and O–H groups in total. The number of rotatable bonds is 5. The molecular weight excluding hydrogens is 274 g/mol. The van der Waals surface area contributed by atoms with Gasteiger partial charge in [0.2, 0.25) is 0 Å². The topological polar surface area (TPSA) is 12.0 Å². The highest BCUT2D eigenvalue weighted by Gasteiger charge is 2.42.